The van der Waals surface area contributed by atoms with E-state index in [-0.39, 0.29) is 5.91 Å². The summed E-state index contributed by atoms with van der Waals surface area (Å²) in [6.45, 7) is 0.634. The standard InChI is InChI=1S/C10H16FNO/c11-10(6-2-1-3-7-10)12-8-4-5-9(12)13/h1-8H2. The number of hydrogen-bond donors (Lipinski definition) is 0. The van der Waals surface area contributed by atoms with Crippen molar-refractivity contribution in [3.8, 4) is 0 Å². The van der Waals surface area contributed by atoms with Crippen LogP contribution in [-0.2, 0) is 4.79 Å². The maximum atomic E-state index is 14.2. The zero-order valence-electron chi connectivity index (χ0n) is 7.89. The maximum absolute atomic E-state index is 14.2. The van der Waals surface area contributed by atoms with Gasteiger partial charge >= 0.3 is 0 Å². The summed E-state index contributed by atoms with van der Waals surface area (Å²) >= 11 is 0. The van der Waals surface area contributed by atoms with E-state index in [4.69, 9.17) is 0 Å². The Labute approximate surface area is 78.1 Å². The van der Waals surface area contributed by atoms with Crippen molar-refractivity contribution in [2.45, 2.75) is 50.7 Å². The van der Waals surface area contributed by atoms with Crippen LogP contribution in [0.25, 0.3) is 0 Å². The first kappa shape index (κ1) is 8.97. The Morgan fingerprint density at radius 2 is 1.85 bits per heavy atom. The van der Waals surface area contributed by atoms with Gasteiger partial charge in [0.05, 0.1) is 0 Å². The van der Waals surface area contributed by atoms with Crippen molar-refractivity contribution in [3.63, 3.8) is 0 Å². The molecule has 0 aromatic heterocycles. The summed E-state index contributed by atoms with van der Waals surface area (Å²) in [4.78, 5) is 12.8. The highest BCUT2D eigenvalue weighted by Gasteiger charge is 2.42. The minimum atomic E-state index is -1.29. The van der Waals surface area contributed by atoms with Crippen molar-refractivity contribution in [1.29, 1.82) is 0 Å². The Morgan fingerprint density at radius 3 is 2.38 bits per heavy atom. The molecule has 1 heterocycles. The fourth-order valence-corrected chi connectivity index (χ4v) is 2.44. The number of likely N-dealkylation sites (tertiary alicyclic amines) is 1. The third-order valence-corrected chi connectivity index (χ3v) is 3.18. The molecule has 1 aliphatic heterocycles. The van der Waals surface area contributed by atoms with Crippen LogP contribution in [0, 0.1) is 0 Å². The van der Waals surface area contributed by atoms with Gasteiger partial charge in [-0.15, -0.1) is 0 Å². The molecule has 1 amide bonds. The molecule has 0 N–H and O–H groups in total. The van der Waals surface area contributed by atoms with E-state index in [2.05, 4.69) is 0 Å². The number of alkyl halides is 1. The minimum Gasteiger partial charge on any atom is -0.310 e. The van der Waals surface area contributed by atoms with Crippen LogP contribution in [-0.4, -0.2) is 23.1 Å². The van der Waals surface area contributed by atoms with E-state index in [1.807, 2.05) is 0 Å². The van der Waals surface area contributed by atoms with Crippen molar-refractivity contribution in [1.82, 2.24) is 4.90 Å². The monoisotopic (exact) mass is 185 g/mol. The molecule has 0 aromatic rings. The van der Waals surface area contributed by atoms with Crippen molar-refractivity contribution in [3.05, 3.63) is 0 Å². The predicted octanol–water partition coefficient (Wildman–Crippen LogP) is 2.24. The topological polar surface area (TPSA) is 20.3 Å². The summed E-state index contributed by atoms with van der Waals surface area (Å²) in [6.07, 6.45) is 5.47. The molecule has 74 valence electrons. The Morgan fingerprint density at radius 1 is 1.15 bits per heavy atom. The first-order valence-electron chi connectivity index (χ1n) is 5.22. The third kappa shape index (κ3) is 1.56. The van der Waals surface area contributed by atoms with Gasteiger partial charge in [-0.1, -0.05) is 6.42 Å². The molecule has 0 atom stereocenters. The van der Waals surface area contributed by atoms with E-state index in [1.54, 1.807) is 0 Å². The second-order valence-corrected chi connectivity index (χ2v) is 4.13. The number of carbonyl (C=O) groups excluding carboxylic acids is 1. The SMILES string of the molecule is O=C1CCCN1C1(F)CCCCC1. The molecule has 0 aromatic carbocycles. The van der Waals surface area contributed by atoms with Crippen LogP contribution in [0.5, 0.6) is 0 Å². The summed E-state index contributed by atoms with van der Waals surface area (Å²) < 4.78 is 14.2. The van der Waals surface area contributed by atoms with Crippen molar-refractivity contribution in [2.75, 3.05) is 6.54 Å². The molecule has 0 spiro atoms. The molecule has 2 aliphatic rings. The number of nitrogens with zero attached hydrogens (tertiary/aromatic N) is 1. The molecular weight excluding hydrogens is 169 g/mol. The molecule has 13 heavy (non-hydrogen) atoms. The van der Waals surface area contributed by atoms with Gasteiger partial charge in [-0.05, 0) is 19.3 Å². The fraction of sp³-hybridized carbons (Fsp3) is 0.900. The van der Waals surface area contributed by atoms with Crippen molar-refractivity contribution in [2.24, 2.45) is 0 Å². The third-order valence-electron chi connectivity index (χ3n) is 3.18. The Hall–Kier alpha value is -0.600. The van der Waals surface area contributed by atoms with Crippen LogP contribution in [0.2, 0.25) is 0 Å². The van der Waals surface area contributed by atoms with E-state index in [1.165, 1.54) is 4.90 Å². The van der Waals surface area contributed by atoms with Crippen LogP contribution in [0.15, 0.2) is 0 Å². The number of rotatable bonds is 1. The lowest BCUT2D eigenvalue weighted by Gasteiger charge is -2.37. The van der Waals surface area contributed by atoms with Gasteiger partial charge in [-0.25, -0.2) is 4.39 Å². The largest absolute Gasteiger partial charge is 0.310 e. The van der Waals surface area contributed by atoms with Crippen LogP contribution >= 0.6 is 0 Å². The summed E-state index contributed by atoms with van der Waals surface area (Å²) in [7, 11) is 0. The molecular formula is C10H16FNO. The smallest absolute Gasteiger partial charge is 0.225 e. The molecule has 0 unspecified atom stereocenters. The first-order chi connectivity index (χ1) is 6.22. The Bertz CT molecular complexity index is 211. The molecule has 2 nitrogen and oxygen atoms in total. The van der Waals surface area contributed by atoms with Crippen LogP contribution < -0.4 is 0 Å². The van der Waals surface area contributed by atoms with E-state index in [0.717, 1.165) is 25.7 Å². The van der Waals surface area contributed by atoms with Gasteiger partial charge in [-0.2, -0.15) is 0 Å². The molecule has 0 radical (unpaired) electrons. The summed E-state index contributed by atoms with van der Waals surface area (Å²) in [6, 6.07) is 0. The predicted molar refractivity (Wildman–Crippen MR) is 47.9 cm³/mol. The molecule has 1 saturated carbocycles. The molecule has 0 bridgehead atoms. The molecule has 1 saturated heterocycles. The van der Waals surface area contributed by atoms with Gasteiger partial charge in [0, 0.05) is 25.8 Å². The van der Waals surface area contributed by atoms with E-state index >= 15 is 0 Å². The second-order valence-electron chi connectivity index (χ2n) is 4.13. The number of amides is 1. The highest BCUT2D eigenvalue weighted by molar-refractivity contribution is 5.78. The van der Waals surface area contributed by atoms with E-state index in [9.17, 15) is 9.18 Å². The van der Waals surface area contributed by atoms with Crippen LogP contribution in [0.4, 0.5) is 4.39 Å². The normalized spacial score (nSPS) is 28.1. The Kier molecular flexibility index (Phi) is 2.26. The van der Waals surface area contributed by atoms with Gasteiger partial charge < -0.3 is 4.90 Å². The summed E-state index contributed by atoms with van der Waals surface area (Å²) in [5.41, 5.74) is 0. The number of hydrogen-bond acceptors (Lipinski definition) is 1. The van der Waals surface area contributed by atoms with E-state index < -0.39 is 5.79 Å². The number of carbonyl (C=O) groups is 1. The Balaban J connectivity index is 2.07. The zero-order valence-corrected chi connectivity index (χ0v) is 7.89. The second kappa shape index (κ2) is 3.28. The average molecular weight is 185 g/mol. The van der Waals surface area contributed by atoms with Gasteiger partial charge in [0.1, 0.15) is 0 Å². The lowest BCUT2D eigenvalue weighted by atomic mass is 9.92. The van der Waals surface area contributed by atoms with Crippen molar-refractivity contribution < 1.29 is 9.18 Å². The van der Waals surface area contributed by atoms with E-state index in [0.29, 0.717) is 25.8 Å². The summed E-state index contributed by atoms with van der Waals surface area (Å²) in [5, 5.41) is 0. The van der Waals surface area contributed by atoms with Crippen LogP contribution in [0.3, 0.4) is 0 Å². The van der Waals surface area contributed by atoms with Gasteiger partial charge in [-0.3, -0.25) is 4.79 Å². The number of halogens is 1. The fourth-order valence-electron chi connectivity index (χ4n) is 2.44. The lowest BCUT2D eigenvalue weighted by molar-refractivity contribution is -0.144. The lowest BCUT2D eigenvalue weighted by Crippen LogP contribution is -2.47. The van der Waals surface area contributed by atoms with Gasteiger partial charge in [0.15, 0.2) is 5.79 Å². The van der Waals surface area contributed by atoms with Crippen LogP contribution in [0.1, 0.15) is 44.9 Å². The zero-order chi connectivity index (χ0) is 9.31. The molecule has 2 rings (SSSR count). The van der Waals surface area contributed by atoms with Gasteiger partial charge in [0.2, 0.25) is 5.91 Å². The molecule has 2 fully saturated rings. The minimum absolute atomic E-state index is 0.0180. The first-order valence-corrected chi connectivity index (χ1v) is 5.22. The molecule has 3 heteroatoms. The highest BCUT2D eigenvalue weighted by Crippen LogP contribution is 2.37. The van der Waals surface area contributed by atoms with Crippen molar-refractivity contribution >= 4 is 5.91 Å². The maximum Gasteiger partial charge on any atom is 0.225 e. The highest BCUT2D eigenvalue weighted by atomic mass is 19.1. The van der Waals surface area contributed by atoms with Gasteiger partial charge in [0.25, 0.3) is 0 Å². The quantitative estimate of drug-likeness (QED) is 0.574. The molecule has 1 aliphatic carbocycles. The average Bonchev–Trinajstić information content (AvgIpc) is 2.53. The summed E-state index contributed by atoms with van der Waals surface area (Å²) in [5.74, 6) is -1.27.